The second kappa shape index (κ2) is 8.56. The summed E-state index contributed by atoms with van der Waals surface area (Å²) in [5.41, 5.74) is 2.11. The van der Waals surface area contributed by atoms with Gasteiger partial charge in [-0.15, -0.1) is 0 Å². The largest absolute Gasteiger partial charge is 0.492 e. The van der Waals surface area contributed by atoms with Crippen LogP contribution < -0.4 is 10.1 Å². The first kappa shape index (κ1) is 16.5. The van der Waals surface area contributed by atoms with Gasteiger partial charge in [0.15, 0.2) is 0 Å². The molecule has 0 saturated heterocycles. The third-order valence-electron chi connectivity index (χ3n) is 3.25. The molecular formula is C17H25N3O2. The van der Waals surface area contributed by atoms with Crippen molar-refractivity contribution in [1.29, 1.82) is 0 Å². The second-order valence-electron chi connectivity index (χ2n) is 5.35. The molecule has 0 amide bonds. The number of aromatic nitrogens is 2. The average Bonchev–Trinajstić information content (AvgIpc) is 2.92. The number of nitrogens with zero attached hydrogens (tertiary/aromatic N) is 2. The summed E-state index contributed by atoms with van der Waals surface area (Å²) >= 11 is 0. The van der Waals surface area contributed by atoms with Crippen molar-refractivity contribution in [1.82, 2.24) is 15.1 Å². The molecule has 0 spiro atoms. The van der Waals surface area contributed by atoms with Crippen LogP contribution in [0.3, 0.4) is 0 Å². The van der Waals surface area contributed by atoms with Crippen molar-refractivity contribution in [3.05, 3.63) is 36.5 Å². The topological polar surface area (TPSA) is 48.3 Å². The van der Waals surface area contributed by atoms with Crippen LogP contribution in [0.5, 0.6) is 5.75 Å². The minimum Gasteiger partial charge on any atom is -0.492 e. The molecule has 2 rings (SSSR count). The van der Waals surface area contributed by atoms with Crippen LogP contribution in [0.15, 0.2) is 36.5 Å². The number of aryl methyl sites for hydroxylation is 1. The van der Waals surface area contributed by atoms with E-state index in [-0.39, 0.29) is 6.10 Å². The monoisotopic (exact) mass is 303 g/mol. The molecule has 1 heterocycles. The summed E-state index contributed by atoms with van der Waals surface area (Å²) in [7, 11) is 1.93. The summed E-state index contributed by atoms with van der Waals surface area (Å²) in [5, 5.41) is 7.52. The number of ether oxygens (including phenoxy) is 2. The first-order valence-corrected chi connectivity index (χ1v) is 7.71. The molecule has 0 aliphatic heterocycles. The SMILES string of the molecule is CC(C)OCCNCCOc1ccccc1-c1ccnn1C. The zero-order valence-corrected chi connectivity index (χ0v) is 13.6. The normalized spacial score (nSPS) is 11.1. The molecule has 0 atom stereocenters. The van der Waals surface area contributed by atoms with Crippen molar-refractivity contribution in [2.45, 2.75) is 20.0 Å². The van der Waals surface area contributed by atoms with Gasteiger partial charge in [-0.2, -0.15) is 5.10 Å². The van der Waals surface area contributed by atoms with E-state index in [0.717, 1.165) is 36.7 Å². The number of rotatable bonds is 9. The van der Waals surface area contributed by atoms with Crippen LogP contribution >= 0.6 is 0 Å². The van der Waals surface area contributed by atoms with Crippen molar-refractivity contribution in [3.8, 4) is 17.0 Å². The number of hydrogen-bond acceptors (Lipinski definition) is 4. The van der Waals surface area contributed by atoms with Crippen molar-refractivity contribution in [2.24, 2.45) is 7.05 Å². The maximum absolute atomic E-state index is 5.90. The zero-order chi connectivity index (χ0) is 15.8. The molecule has 5 nitrogen and oxygen atoms in total. The maximum atomic E-state index is 5.90. The molecular weight excluding hydrogens is 278 g/mol. The predicted octanol–water partition coefficient (Wildman–Crippen LogP) is 2.48. The summed E-state index contributed by atoms with van der Waals surface area (Å²) in [6.45, 7) is 7.06. The molecule has 0 aliphatic carbocycles. The Hall–Kier alpha value is -1.85. The molecule has 22 heavy (non-hydrogen) atoms. The Morgan fingerprint density at radius 1 is 1.14 bits per heavy atom. The summed E-state index contributed by atoms with van der Waals surface area (Å²) in [4.78, 5) is 0. The predicted molar refractivity (Wildman–Crippen MR) is 88.1 cm³/mol. The lowest BCUT2D eigenvalue weighted by Crippen LogP contribution is -2.26. The van der Waals surface area contributed by atoms with Crippen molar-refractivity contribution in [2.75, 3.05) is 26.3 Å². The van der Waals surface area contributed by atoms with Crippen molar-refractivity contribution in [3.63, 3.8) is 0 Å². The highest BCUT2D eigenvalue weighted by molar-refractivity contribution is 5.67. The minimum absolute atomic E-state index is 0.281. The van der Waals surface area contributed by atoms with Crippen LogP contribution in [-0.2, 0) is 11.8 Å². The van der Waals surface area contributed by atoms with Gasteiger partial charge in [-0.1, -0.05) is 12.1 Å². The fourth-order valence-electron chi connectivity index (χ4n) is 2.17. The number of nitrogens with one attached hydrogen (secondary N) is 1. The quantitative estimate of drug-likeness (QED) is 0.723. The summed E-state index contributed by atoms with van der Waals surface area (Å²) in [6.07, 6.45) is 2.08. The van der Waals surface area contributed by atoms with E-state index < -0.39 is 0 Å². The zero-order valence-electron chi connectivity index (χ0n) is 13.6. The molecule has 1 aromatic heterocycles. The molecule has 0 saturated carbocycles. The van der Waals surface area contributed by atoms with E-state index >= 15 is 0 Å². The fourth-order valence-corrected chi connectivity index (χ4v) is 2.17. The molecule has 1 N–H and O–H groups in total. The molecule has 0 bridgehead atoms. The van der Waals surface area contributed by atoms with Crippen LogP contribution in [0, 0.1) is 0 Å². The first-order chi connectivity index (χ1) is 10.7. The number of hydrogen-bond donors (Lipinski definition) is 1. The minimum atomic E-state index is 0.281. The van der Waals surface area contributed by atoms with Crippen LogP contribution in [0.1, 0.15) is 13.8 Å². The van der Waals surface area contributed by atoms with Gasteiger partial charge in [-0.25, -0.2) is 0 Å². The number of benzene rings is 1. The number of para-hydroxylation sites is 1. The van der Waals surface area contributed by atoms with Gasteiger partial charge in [-0.05, 0) is 32.0 Å². The summed E-state index contributed by atoms with van der Waals surface area (Å²) in [6, 6.07) is 10.0. The molecule has 5 heteroatoms. The summed E-state index contributed by atoms with van der Waals surface area (Å²) in [5.74, 6) is 0.881. The maximum Gasteiger partial charge on any atom is 0.128 e. The van der Waals surface area contributed by atoms with Gasteiger partial charge in [0.25, 0.3) is 0 Å². The highest BCUT2D eigenvalue weighted by Crippen LogP contribution is 2.28. The lowest BCUT2D eigenvalue weighted by molar-refractivity contribution is 0.0804. The molecule has 0 radical (unpaired) electrons. The van der Waals surface area contributed by atoms with Gasteiger partial charge >= 0.3 is 0 Å². The van der Waals surface area contributed by atoms with Gasteiger partial charge in [0, 0.05) is 31.9 Å². The van der Waals surface area contributed by atoms with Gasteiger partial charge in [-0.3, -0.25) is 4.68 Å². The van der Waals surface area contributed by atoms with Crippen LogP contribution in [-0.4, -0.2) is 42.2 Å². The van der Waals surface area contributed by atoms with E-state index in [1.54, 1.807) is 6.20 Å². The van der Waals surface area contributed by atoms with E-state index in [4.69, 9.17) is 9.47 Å². The second-order valence-corrected chi connectivity index (χ2v) is 5.35. The van der Waals surface area contributed by atoms with E-state index in [9.17, 15) is 0 Å². The Morgan fingerprint density at radius 2 is 1.91 bits per heavy atom. The Kier molecular flexibility index (Phi) is 6.43. The van der Waals surface area contributed by atoms with Gasteiger partial charge in [0.05, 0.1) is 18.4 Å². The average molecular weight is 303 g/mol. The molecule has 120 valence electrons. The smallest absolute Gasteiger partial charge is 0.128 e. The Bertz CT molecular complexity index is 567. The molecule has 2 aromatic rings. The standard InChI is InChI=1S/C17H25N3O2/c1-14(2)21-12-10-18-11-13-22-17-7-5-4-6-15(17)16-8-9-19-20(16)3/h4-9,14,18H,10-13H2,1-3H3. The summed E-state index contributed by atoms with van der Waals surface area (Å²) < 4.78 is 13.2. The molecule has 0 fully saturated rings. The third-order valence-corrected chi connectivity index (χ3v) is 3.25. The van der Waals surface area contributed by atoms with E-state index in [2.05, 4.69) is 16.5 Å². The van der Waals surface area contributed by atoms with Crippen molar-refractivity contribution < 1.29 is 9.47 Å². The third kappa shape index (κ3) is 4.86. The van der Waals surface area contributed by atoms with Crippen molar-refractivity contribution >= 4 is 0 Å². The highest BCUT2D eigenvalue weighted by atomic mass is 16.5. The highest BCUT2D eigenvalue weighted by Gasteiger charge is 2.08. The lowest BCUT2D eigenvalue weighted by atomic mass is 10.1. The Morgan fingerprint density at radius 3 is 2.64 bits per heavy atom. The van der Waals surface area contributed by atoms with Gasteiger partial charge in [0.2, 0.25) is 0 Å². The van der Waals surface area contributed by atoms with Gasteiger partial charge < -0.3 is 14.8 Å². The van der Waals surface area contributed by atoms with E-state index in [0.29, 0.717) is 6.61 Å². The van der Waals surface area contributed by atoms with Crippen LogP contribution in [0.4, 0.5) is 0 Å². The lowest BCUT2D eigenvalue weighted by Gasteiger charge is -2.12. The molecule has 0 unspecified atom stereocenters. The van der Waals surface area contributed by atoms with Gasteiger partial charge in [0.1, 0.15) is 12.4 Å². The first-order valence-electron chi connectivity index (χ1n) is 7.71. The molecule has 0 aliphatic rings. The Balaban J connectivity index is 1.80. The van der Waals surface area contributed by atoms with E-state index in [1.807, 2.05) is 49.8 Å². The van der Waals surface area contributed by atoms with Crippen LogP contribution in [0.25, 0.3) is 11.3 Å². The Labute approximate surface area is 132 Å². The van der Waals surface area contributed by atoms with E-state index in [1.165, 1.54) is 0 Å². The van der Waals surface area contributed by atoms with Crippen LogP contribution in [0.2, 0.25) is 0 Å². The molecule has 1 aromatic carbocycles. The fraction of sp³-hybridized carbons (Fsp3) is 0.471.